The molecule has 2 heterocycles. The third kappa shape index (κ3) is 3.41. The molecule has 2 rings (SSSR count). The van der Waals surface area contributed by atoms with Crippen molar-refractivity contribution in [3.63, 3.8) is 0 Å². The zero-order valence-electron chi connectivity index (χ0n) is 10.5. The topological polar surface area (TPSA) is 119 Å². The van der Waals surface area contributed by atoms with Crippen molar-refractivity contribution in [3.05, 3.63) is 17.1 Å². The van der Waals surface area contributed by atoms with Crippen molar-refractivity contribution >= 4 is 28.2 Å². The van der Waals surface area contributed by atoms with E-state index in [-0.39, 0.29) is 24.3 Å². The van der Waals surface area contributed by atoms with E-state index in [0.717, 1.165) is 0 Å². The number of carbonyl (C=O) groups excluding carboxylic acids is 1. The molecule has 0 bridgehead atoms. The summed E-state index contributed by atoms with van der Waals surface area (Å²) in [4.78, 5) is 20.2. The summed E-state index contributed by atoms with van der Waals surface area (Å²) < 4.78 is 4.57. The van der Waals surface area contributed by atoms with Gasteiger partial charge in [0.2, 0.25) is 6.39 Å². The molecule has 0 aliphatic carbocycles. The van der Waals surface area contributed by atoms with Gasteiger partial charge in [-0.1, -0.05) is 16.5 Å². The number of rotatable bonds is 5. The van der Waals surface area contributed by atoms with Crippen molar-refractivity contribution in [2.45, 2.75) is 26.4 Å². The van der Waals surface area contributed by atoms with Gasteiger partial charge >= 0.3 is 0 Å². The average molecular weight is 282 g/mol. The van der Waals surface area contributed by atoms with E-state index in [4.69, 9.17) is 5.73 Å². The second kappa shape index (κ2) is 5.65. The highest BCUT2D eigenvalue weighted by Crippen LogP contribution is 2.25. The number of amides is 1. The monoisotopic (exact) mass is 282 g/mol. The van der Waals surface area contributed by atoms with Crippen molar-refractivity contribution in [1.82, 2.24) is 20.4 Å². The molecule has 2 aromatic rings. The molecule has 4 N–H and O–H groups in total. The Morgan fingerprint density at radius 1 is 1.58 bits per heavy atom. The van der Waals surface area contributed by atoms with Gasteiger partial charge in [0, 0.05) is 6.04 Å². The van der Waals surface area contributed by atoms with E-state index in [0.29, 0.717) is 15.8 Å². The minimum Gasteiger partial charge on any atom is -0.382 e. The lowest BCUT2D eigenvalue weighted by Crippen LogP contribution is -2.23. The van der Waals surface area contributed by atoms with Gasteiger partial charge in [-0.25, -0.2) is 4.98 Å². The lowest BCUT2D eigenvalue weighted by molar-refractivity contribution is 0.0954. The minimum atomic E-state index is -0.309. The molecule has 0 aromatic carbocycles. The van der Waals surface area contributed by atoms with E-state index >= 15 is 0 Å². The smallest absolute Gasteiger partial charge is 0.265 e. The number of hydrogen-bond donors (Lipinski definition) is 3. The SMILES string of the molecule is CC(C)Nc1nc(N)c(C(=O)NCc2ncon2)s1. The number of thiazole rings is 1. The Morgan fingerprint density at radius 3 is 3.00 bits per heavy atom. The first-order chi connectivity index (χ1) is 9.06. The fourth-order valence-electron chi connectivity index (χ4n) is 1.31. The van der Waals surface area contributed by atoms with Crippen LogP contribution in [-0.4, -0.2) is 27.1 Å². The standard InChI is InChI=1S/C10H14N6O2S/c1-5(2)14-10-15-8(11)7(19-10)9(17)12-3-6-13-4-18-16-6/h4-5H,3,11H2,1-2H3,(H,12,17)(H,14,15). The molecule has 1 amide bonds. The summed E-state index contributed by atoms with van der Waals surface area (Å²) in [5.41, 5.74) is 5.72. The first kappa shape index (κ1) is 13.3. The molecule has 8 nitrogen and oxygen atoms in total. The van der Waals surface area contributed by atoms with Crippen LogP contribution >= 0.6 is 11.3 Å². The van der Waals surface area contributed by atoms with Gasteiger partial charge in [0.15, 0.2) is 11.0 Å². The molecule has 0 saturated heterocycles. The quantitative estimate of drug-likeness (QED) is 0.744. The Hall–Kier alpha value is -2.16. The molecule has 0 aliphatic heterocycles. The summed E-state index contributed by atoms with van der Waals surface area (Å²) in [5.74, 6) is 0.298. The first-order valence-corrected chi connectivity index (χ1v) is 6.44. The molecule has 0 atom stereocenters. The van der Waals surface area contributed by atoms with Gasteiger partial charge in [-0.05, 0) is 13.8 Å². The van der Waals surface area contributed by atoms with Crippen LogP contribution in [0.15, 0.2) is 10.9 Å². The largest absolute Gasteiger partial charge is 0.382 e. The number of nitrogens with one attached hydrogen (secondary N) is 2. The lowest BCUT2D eigenvalue weighted by atomic mass is 10.4. The number of aromatic nitrogens is 3. The summed E-state index contributed by atoms with van der Waals surface area (Å²) in [5, 5.41) is 9.96. The maximum atomic E-state index is 11.9. The van der Waals surface area contributed by atoms with Crippen molar-refractivity contribution in [2.75, 3.05) is 11.1 Å². The van der Waals surface area contributed by atoms with Crippen LogP contribution in [0, 0.1) is 0 Å². The van der Waals surface area contributed by atoms with Gasteiger partial charge in [0.05, 0.1) is 6.54 Å². The molecular formula is C10H14N6O2S. The fourth-order valence-corrected chi connectivity index (χ4v) is 2.26. The summed E-state index contributed by atoms with van der Waals surface area (Å²) in [6.07, 6.45) is 1.20. The molecule has 0 unspecified atom stereocenters. The summed E-state index contributed by atoms with van der Waals surface area (Å²) in [7, 11) is 0. The fraction of sp³-hybridized carbons (Fsp3) is 0.400. The Morgan fingerprint density at radius 2 is 2.37 bits per heavy atom. The normalized spacial score (nSPS) is 10.7. The van der Waals surface area contributed by atoms with Crippen molar-refractivity contribution in [1.29, 1.82) is 0 Å². The zero-order valence-corrected chi connectivity index (χ0v) is 11.3. The number of nitrogens with two attached hydrogens (primary N) is 1. The predicted molar refractivity (Wildman–Crippen MR) is 70.8 cm³/mol. The molecule has 19 heavy (non-hydrogen) atoms. The van der Waals surface area contributed by atoms with Crippen LogP contribution in [0.4, 0.5) is 10.9 Å². The van der Waals surface area contributed by atoms with Gasteiger partial charge in [0.25, 0.3) is 5.91 Å². The number of nitrogen functional groups attached to an aromatic ring is 1. The predicted octanol–water partition coefficient (Wildman–Crippen LogP) is 0.859. The van der Waals surface area contributed by atoms with Crippen LogP contribution in [0.2, 0.25) is 0 Å². The molecule has 0 aliphatic rings. The van der Waals surface area contributed by atoms with Crippen molar-refractivity contribution in [3.8, 4) is 0 Å². The minimum absolute atomic E-state index is 0.180. The van der Waals surface area contributed by atoms with Crippen LogP contribution in [0.3, 0.4) is 0 Å². The van der Waals surface area contributed by atoms with Gasteiger partial charge in [-0.3, -0.25) is 4.79 Å². The van der Waals surface area contributed by atoms with Crippen LogP contribution in [0.25, 0.3) is 0 Å². The maximum absolute atomic E-state index is 11.9. The number of anilines is 2. The van der Waals surface area contributed by atoms with E-state index in [1.54, 1.807) is 0 Å². The van der Waals surface area contributed by atoms with E-state index in [9.17, 15) is 4.79 Å². The van der Waals surface area contributed by atoms with Crippen LogP contribution in [0.5, 0.6) is 0 Å². The highest BCUT2D eigenvalue weighted by molar-refractivity contribution is 7.18. The highest BCUT2D eigenvalue weighted by Gasteiger charge is 2.16. The molecule has 102 valence electrons. The Kier molecular flexibility index (Phi) is 3.95. The van der Waals surface area contributed by atoms with E-state index in [1.807, 2.05) is 13.8 Å². The second-order valence-electron chi connectivity index (χ2n) is 4.06. The molecule has 0 radical (unpaired) electrons. The Balaban J connectivity index is 2.00. The average Bonchev–Trinajstić information content (AvgIpc) is 2.95. The number of carbonyl (C=O) groups is 1. The van der Waals surface area contributed by atoms with Crippen LogP contribution < -0.4 is 16.4 Å². The number of nitrogens with zero attached hydrogens (tertiary/aromatic N) is 3. The van der Waals surface area contributed by atoms with E-state index < -0.39 is 0 Å². The van der Waals surface area contributed by atoms with Crippen molar-refractivity contribution < 1.29 is 9.32 Å². The van der Waals surface area contributed by atoms with Gasteiger partial charge < -0.3 is 20.9 Å². The van der Waals surface area contributed by atoms with E-state index in [2.05, 4.69) is 30.3 Å². The first-order valence-electron chi connectivity index (χ1n) is 5.62. The van der Waals surface area contributed by atoms with Crippen LogP contribution in [0.1, 0.15) is 29.3 Å². The molecule has 0 saturated carbocycles. The molecular weight excluding hydrogens is 268 g/mol. The van der Waals surface area contributed by atoms with Crippen LogP contribution in [-0.2, 0) is 6.54 Å². The second-order valence-corrected chi connectivity index (χ2v) is 5.06. The highest BCUT2D eigenvalue weighted by atomic mass is 32.1. The lowest BCUT2D eigenvalue weighted by Gasteiger charge is -2.03. The molecule has 0 fully saturated rings. The van der Waals surface area contributed by atoms with Gasteiger partial charge in [0.1, 0.15) is 10.7 Å². The summed E-state index contributed by atoms with van der Waals surface area (Å²) in [6, 6.07) is 0.223. The number of hydrogen-bond acceptors (Lipinski definition) is 8. The molecule has 2 aromatic heterocycles. The van der Waals surface area contributed by atoms with Gasteiger partial charge in [-0.2, -0.15) is 4.98 Å². The molecule has 9 heteroatoms. The van der Waals surface area contributed by atoms with E-state index in [1.165, 1.54) is 17.7 Å². The molecule has 0 spiro atoms. The Bertz CT molecular complexity index is 550. The Labute approximate surface area is 113 Å². The van der Waals surface area contributed by atoms with Gasteiger partial charge in [-0.15, -0.1) is 0 Å². The maximum Gasteiger partial charge on any atom is 0.265 e. The van der Waals surface area contributed by atoms with Crippen molar-refractivity contribution in [2.24, 2.45) is 0 Å². The zero-order chi connectivity index (χ0) is 13.8. The third-order valence-electron chi connectivity index (χ3n) is 2.09. The summed E-state index contributed by atoms with van der Waals surface area (Å²) in [6.45, 7) is 4.14. The third-order valence-corrected chi connectivity index (χ3v) is 3.09. The summed E-state index contributed by atoms with van der Waals surface area (Å²) >= 11 is 1.21.